The summed E-state index contributed by atoms with van der Waals surface area (Å²) >= 11 is 0. The lowest BCUT2D eigenvalue weighted by Crippen LogP contribution is -2.43. The lowest BCUT2D eigenvalue weighted by molar-refractivity contribution is -0.149. The third kappa shape index (κ3) is 4.63. The molecule has 34 heavy (non-hydrogen) atoms. The second kappa shape index (κ2) is 9.85. The first-order valence-corrected chi connectivity index (χ1v) is 11.9. The number of carbonyl (C=O) groups is 2. The normalized spacial score (nSPS) is 20.3. The van der Waals surface area contributed by atoms with E-state index >= 15 is 0 Å². The van der Waals surface area contributed by atoms with E-state index in [0.29, 0.717) is 50.5 Å². The maximum atomic E-state index is 13.5. The average Bonchev–Trinajstić information content (AvgIpc) is 3.52. The summed E-state index contributed by atoms with van der Waals surface area (Å²) in [6, 6.07) is 15.6. The first-order valence-electron chi connectivity index (χ1n) is 11.9. The smallest absolute Gasteiger partial charge is 0.309 e. The Morgan fingerprint density at radius 2 is 1.82 bits per heavy atom. The largest absolute Gasteiger partial charge is 0.466 e. The highest BCUT2D eigenvalue weighted by atomic mass is 16.7. The predicted octanol–water partition coefficient (Wildman–Crippen LogP) is 3.37. The van der Waals surface area contributed by atoms with Crippen molar-refractivity contribution in [3.63, 3.8) is 0 Å². The molecule has 0 aliphatic carbocycles. The molecule has 2 aromatic rings. The number of carbonyl (C=O) groups excluding carboxylic acids is 2. The van der Waals surface area contributed by atoms with Crippen LogP contribution in [0.5, 0.6) is 11.5 Å². The van der Waals surface area contributed by atoms with Crippen LogP contribution in [0.2, 0.25) is 0 Å². The number of piperidine rings is 1. The van der Waals surface area contributed by atoms with Crippen LogP contribution in [0.3, 0.4) is 0 Å². The van der Waals surface area contributed by atoms with E-state index in [-0.39, 0.29) is 37.2 Å². The van der Waals surface area contributed by atoms with Gasteiger partial charge in [0.05, 0.1) is 30.8 Å². The van der Waals surface area contributed by atoms with E-state index in [1.165, 1.54) is 0 Å². The fraction of sp³-hybridized carbons (Fsp3) is 0.423. The van der Waals surface area contributed by atoms with Crippen molar-refractivity contribution in [2.75, 3.05) is 33.0 Å². The number of hydrogen-bond acceptors (Lipinski definition) is 7. The molecule has 0 saturated carbocycles. The van der Waals surface area contributed by atoms with Gasteiger partial charge in [0, 0.05) is 6.42 Å². The molecule has 0 N–H and O–H groups in total. The van der Waals surface area contributed by atoms with Gasteiger partial charge in [0.2, 0.25) is 6.79 Å². The molecule has 0 bridgehead atoms. The van der Waals surface area contributed by atoms with Crippen molar-refractivity contribution in [2.45, 2.75) is 32.2 Å². The van der Waals surface area contributed by atoms with E-state index in [2.05, 4.69) is 4.90 Å². The van der Waals surface area contributed by atoms with Gasteiger partial charge in [0.1, 0.15) is 0 Å². The molecule has 8 nitrogen and oxygen atoms in total. The topological polar surface area (TPSA) is 80.7 Å². The molecule has 0 spiro atoms. The summed E-state index contributed by atoms with van der Waals surface area (Å²) < 4.78 is 16.2. The van der Waals surface area contributed by atoms with Gasteiger partial charge in [0.25, 0.3) is 5.91 Å². The number of hydrogen-bond donors (Lipinski definition) is 0. The Morgan fingerprint density at radius 1 is 1.06 bits per heavy atom. The van der Waals surface area contributed by atoms with E-state index in [4.69, 9.17) is 19.3 Å². The molecule has 1 amide bonds. The van der Waals surface area contributed by atoms with E-state index < -0.39 is 0 Å². The van der Waals surface area contributed by atoms with Crippen molar-refractivity contribution < 1.29 is 23.8 Å². The van der Waals surface area contributed by atoms with E-state index in [0.717, 1.165) is 16.8 Å². The lowest BCUT2D eigenvalue weighted by Gasteiger charge is -2.32. The predicted molar refractivity (Wildman–Crippen MR) is 126 cm³/mol. The maximum absolute atomic E-state index is 13.5. The zero-order chi connectivity index (χ0) is 23.5. The zero-order valence-corrected chi connectivity index (χ0v) is 19.3. The van der Waals surface area contributed by atoms with Crippen LogP contribution in [0.25, 0.3) is 0 Å². The van der Waals surface area contributed by atoms with Gasteiger partial charge in [-0.1, -0.05) is 36.4 Å². The Bertz CT molecular complexity index is 1080. The first kappa shape index (κ1) is 22.4. The highest BCUT2D eigenvalue weighted by Gasteiger charge is 2.35. The number of benzene rings is 2. The first-order chi connectivity index (χ1) is 16.6. The molecule has 178 valence electrons. The molecule has 0 aromatic heterocycles. The Hall–Kier alpha value is -3.39. The highest BCUT2D eigenvalue weighted by molar-refractivity contribution is 6.03. The summed E-state index contributed by atoms with van der Waals surface area (Å²) in [5, 5.41) is 6.39. The third-order valence-electron chi connectivity index (χ3n) is 6.62. The SMILES string of the molecule is CCOC(=O)C1CCN(CC(=O)N2N=C(c3ccccc3)C[C@@H]2c2ccc3c(c2)OCO3)CC1. The third-order valence-corrected chi connectivity index (χ3v) is 6.62. The second-order valence-electron chi connectivity index (χ2n) is 8.79. The molecule has 1 fully saturated rings. The van der Waals surface area contributed by atoms with Crippen LogP contribution in [0.1, 0.15) is 43.4 Å². The molecule has 1 saturated heterocycles. The molecule has 2 aromatic carbocycles. The van der Waals surface area contributed by atoms with Crippen molar-refractivity contribution in [1.82, 2.24) is 9.91 Å². The second-order valence-corrected chi connectivity index (χ2v) is 8.79. The molecular weight excluding hydrogens is 434 g/mol. The molecule has 0 unspecified atom stereocenters. The maximum Gasteiger partial charge on any atom is 0.309 e. The van der Waals surface area contributed by atoms with E-state index in [1.54, 1.807) is 5.01 Å². The summed E-state index contributed by atoms with van der Waals surface area (Å²) in [6.45, 7) is 4.07. The van der Waals surface area contributed by atoms with Crippen LogP contribution in [-0.4, -0.2) is 60.5 Å². The van der Waals surface area contributed by atoms with Crippen molar-refractivity contribution >= 4 is 17.6 Å². The average molecular weight is 464 g/mol. The van der Waals surface area contributed by atoms with Crippen molar-refractivity contribution in [2.24, 2.45) is 11.0 Å². The van der Waals surface area contributed by atoms with E-state index in [9.17, 15) is 9.59 Å². The Balaban J connectivity index is 1.32. The molecule has 3 aliphatic rings. The quantitative estimate of drug-likeness (QED) is 0.611. The van der Waals surface area contributed by atoms with Crippen molar-refractivity contribution in [3.8, 4) is 11.5 Å². The lowest BCUT2D eigenvalue weighted by atomic mass is 9.96. The van der Waals surface area contributed by atoms with Crippen LogP contribution >= 0.6 is 0 Å². The van der Waals surface area contributed by atoms with Crippen molar-refractivity contribution in [1.29, 1.82) is 0 Å². The number of rotatable bonds is 6. The summed E-state index contributed by atoms with van der Waals surface area (Å²) in [6.07, 6.45) is 2.03. The Morgan fingerprint density at radius 3 is 2.59 bits per heavy atom. The molecule has 8 heteroatoms. The van der Waals surface area contributed by atoms with Gasteiger partial charge in [-0.05, 0) is 56.1 Å². The number of ether oxygens (including phenoxy) is 3. The summed E-state index contributed by atoms with van der Waals surface area (Å²) in [7, 11) is 0. The van der Waals surface area contributed by atoms with Crippen LogP contribution in [-0.2, 0) is 14.3 Å². The van der Waals surface area contributed by atoms with Gasteiger partial charge in [-0.3, -0.25) is 14.5 Å². The van der Waals surface area contributed by atoms with Gasteiger partial charge in [0.15, 0.2) is 11.5 Å². The Labute approximate surface area is 199 Å². The molecular formula is C26H29N3O5. The van der Waals surface area contributed by atoms with Gasteiger partial charge >= 0.3 is 5.97 Å². The van der Waals surface area contributed by atoms with E-state index in [1.807, 2.05) is 55.5 Å². The number of fused-ring (bicyclic) bond motifs is 1. The van der Waals surface area contributed by atoms with Crippen LogP contribution in [0.4, 0.5) is 0 Å². The van der Waals surface area contributed by atoms with Crippen molar-refractivity contribution in [3.05, 3.63) is 59.7 Å². The Kier molecular flexibility index (Phi) is 6.49. The fourth-order valence-corrected chi connectivity index (χ4v) is 4.78. The summed E-state index contributed by atoms with van der Waals surface area (Å²) in [5.41, 5.74) is 2.87. The number of likely N-dealkylation sites (tertiary alicyclic amines) is 1. The van der Waals surface area contributed by atoms with Gasteiger partial charge < -0.3 is 14.2 Å². The molecule has 3 heterocycles. The summed E-state index contributed by atoms with van der Waals surface area (Å²) in [5.74, 6) is 1.14. The van der Waals surface area contributed by atoms with Crippen LogP contribution < -0.4 is 9.47 Å². The molecule has 5 rings (SSSR count). The molecule has 0 radical (unpaired) electrons. The number of nitrogens with zero attached hydrogens (tertiary/aromatic N) is 3. The monoisotopic (exact) mass is 463 g/mol. The fourth-order valence-electron chi connectivity index (χ4n) is 4.78. The number of amides is 1. The number of hydrazone groups is 1. The minimum absolute atomic E-state index is 0.0526. The van der Waals surface area contributed by atoms with Crippen LogP contribution in [0, 0.1) is 5.92 Å². The van der Waals surface area contributed by atoms with Gasteiger partial charge in [-0.2, -0.15) is 5.10 Å². The van der Waals surface area contributed by atoms with Gasteiger partial charge in [-0.15, -0.1) is 0 Å². The van der Waals surface area contributed by atoms with Gasteiger partial charge in [-0.25, -0.2) is 5.01 Å². The minimum atomic E-state index is -0.214. The standard InChI is InChI=1S/C26H29N3O5/c1-2-32-26(31)19-10-12-28(13-11-19)16-25(30)29-22(15-21(27-29)18-6-4-3-5-7-18)20-8-9-23-24(14-20)34-17-33-23/h3-9,14,19,22H,2,10-13,15-17H2,1H3/t22-/m1/s1. The zero-order valence-electron chi connectivity index (χ0n) is 19.3. The molecule has 1 atom stereocenters. The summed E-state index contributed by atoms with van der Waals surface area (Å²) in [4.78, 5) is 27.6. The highest BCUT2D eigenvalue weighted by Crippen LogP contribution is 2.39. The minimum Gasteiger partial charge on any atom is -0.466 e. The molecule has 3 aliphatic heterocycles. The van der Waals surface area contributed by atoms with Crippen LogP contribution in [0.15, 0.2) is 53.6 Å². The number of esters is 1.